The van der Waals surface area contributed by atoms with E-state index >= 15 is 0 Å². The summed E-state index contributed by atoms with van der Waals surface area (Å²) in [6.07, 6.45) is 4.37. The molecule has 24 heavy (non-hydrogen) atoms. The standard InChI is InChI=1S/C14H16F2N4O2S2/c15-11-7-13(24(21,22)19-14-17-9-18-23-14)12(16)6-10(11)8-20-4-2-1-3-5-20/h6-7,9H,1-5,8H2,(H,17,18,19). The van der Waals surface area contributed by atoms with Gasteiger partial charge in [-0.05, 0) is 38.1 Å². The number of aromatic nitrogens is 2. The van der Waals surface area contributed by atoms with Crippen LogP contribution in [0.1, 0.15) is 24.8 Å². The predicted molar refractivity (Wildman–Crippen MR) is 86.2 cm³/mol. The smallest absolute Gasteiger partial charge is 0.266 e. The van der Waals surface area contributed by atoms with Crippen LogP contribution in [0, 0.1) is 11.6 Å². The van der Waals surface area contributed by atoms with Crippen LogP contribution in [0.4, 0.5) is 13.9 Å². The van der Waals surface area contributed by atoms with E-state index in [0.29, 0.717) is 0 Å². The van der Waals surface area contributed by atoms with Crippen molar-refractivity contribution in [1.82, 2.24) is 14.3 Å². The average Bonchev–Trinajstić information content (AvgIpc) is 3.03. The number of rotatable bonds is 5. The lowest BCUT2D eigenvalue weighted by Crippen LogP contribution is -2.29. The number of benzene rings is 1. The van der Waals surface area contributed by atoms with Gasteiger partial charge in [0.25, 0.3) is 10.0 Å². The number of hydrogen-bond acceptors (Lipinski definition) is 6. The van der Waals surface area contributed by atoms with Gasteiger partial charge in [-0.1, -0.05) is 6.42 Å². The SMILES string of the molecule is O=S(=O)(Nc1ncns1)c1cc(F)c(CN2CCCCC2)cc1F. The number of nitrogens with one attached hydrogen (secondary N) is 1. The molecule has 0 amide bonds. The Labute approximate surface area is 142 Å². The van der Waals surface area contributed by atoms with Crippen molar-refractivity contribution < 1.29 is 17.2 Å². The van der Waals surface area contributed by atoms with Crippen molar-refractivity contribution in [1.29, 1.82) is 0 Å². The molecule has 1 aliphatic rings. The Morgan fingerprint density at radius 3 is 2.58 bits per heavy atom. The molecule has 1 aliphatic heterocycles. The molecule has 1 fully saturated rings. The minimum atomic E-state index is -4.26. The normalized spacial score (nSPS) is 16.2. The van der Waals surface area contributed by atoms with E-state index in [0.717, 1.165) is 56.0 Å². The van der Waals surface area contributed by atoms with Gasteiger partial charge in [-0.15, -0.1) is 0 Å². The molecule has 0 bridgehead atoms. The first kappa shape index (κ1) is 17.2. The molecule has 2 heterocycles. The molecular weight excluding hydrogens is 358 g/mol. The van der Waals surface area contributed by atoms with Gasteiger partial charge < -0.3 is 0 Å². The summed E-state index contributed by atoms with van der Waals surface area (Å²) in [6, 6.07) is 1.68. The molecule has 0 radical (unpaired) electrons. The van der Waals surface area contributed by atoms with Crippen molar-refractivity contribution in [3.8, 4) is 0 Å². The third kappa shape index (κ3) is 3.87. The third-order valence-corrected chi connectivity index (χ3v) is 5.88. The van der Waals surface area contributed by atoms with E-state index in [4.69, 9.17) is 0 Å². The summed E-state index contributed by atoms with van der Waals surface area (Å²) in [4.78, 5) is 4.97. The van der Waals surface area contributed by atoms with E-state index in [2.05, 4.69) is 14.1 Å². The van der Waals surface area contributed by atoms with E-state index in [9.17, 15) is 17.2 Å². The zero-order valence-corrected chi connectivity index (χ0v) is 14.3. The molecule has 2 aromatic rings. The zero-order valence-electron chi connectivity index (χ0n) is 12.7. The molecule has 6 nitrogen and oxygen atoms in total. The summed E-state index contributed by atoms with van der Waals surface area (Å²) in [5.74, 6) is -1.72. The molecule has 0 spiro atoms. The number of likely N-dealkylation sites (tertiary alicyclic amines) is 1. The van der Waals surface area contributed by atoms with Crippen LogP contribution in [0.25, 0.3) is 0 Å². The Kier molecular flexibility index (Phi) is 5.07. The Balaban J connectivity index is 1.83. The molecule has 3 rings (SSSR count). The first-order chi connectivity index (χ1) is 11.5. The summed E-state index contributed by atoms with van der Waals surface area (Å²) in [5.41, 5.74) is 0.157. The number of piperidine rings is 1. The lowest BCUT2D eigenvalue weighted by Gasteiger charge is -2.26. The van der Waals surface area contributed by atoms with Crippen LogP contribution in [0.5, 0.6) is 0 Å². The maximum Gasteiger partial charge on any atom is 0.266 e. The summed E-state index contributed by atoms with van der Waals surface area (Å²) in [6.45, 7) is 1.94. The van der Waals surface area contributed by atoms with Crippen molar-refractivity contribution in [3.63, 3.8) is 0 Å². The van der Waals surface area contributed by atoms with Crippen molar-refractivity contribution in [2.75, 3.05) is 17.8 Å². The van der Waals surface area contributed by atoms with Gasteiger partial charge in [-0.25, -0.2) is 22.2 Å². The topological polar surface area (TPSA) is 75.2 Å². The number of nitrogens with zero attached hydrogens (tertiary/aromatic N) is 3. The number of sulfonamides is 1. The summed E-state index contributed by atoms with van der Waals surface area (Å²) in [7, 11) is -4.26. The number of anilines is 1. The van der Waals surface area contributed by atoms with Gasteiger partial charge in [0.1, 0.15) is 22.9 Å². The highest BCUT2D eigenvalue weighted by atomic mass is 32.2. The molecule has 0 saturated carbocycles. The number of hydrogen-bond donors (Lipinski definition) is 1. The third-order valence-electron chi connectivity index (χ3n) is 3.82. The summed E-state index contributed by atoms with van der Waals surface area (Å²) in [5, 5.41) is -0.00722. The minimum Gasteiger partial charge on any atom is -0.299 e. The minimum absolute atomic E-state index is 0.00722. The van der Waals surface area contributed by atoms with Crippen LogP contribution in [0.3, 0.4) is 0 Å². The van der Waals surface area contributed by atoms with Crippen LogP contribution in [0.2, 0.25) is 0 Å². The first-order valence-electron chi connectivity index (χ1n) is 7.45. The Hall–Kier alpha value is -1.65. The molecule has 1 saturated heterocycles. The van der Waals surface area contributed by atoms with Crippen molar-refractivity contribution in [3.05, 3.63) is 35.7 Å². The molecule has 0 atom stereocenters. The molecule has 0 unspecified atom stereocenters. The van der Waals surface area contributed by atoms with Crippen molar-refractivity contribution in [2.45, 2.75) is 30.7 Å². The first-order valence-corrected chi connectivity index (χ1v) is 9.71. The van der Waals surface area contributed by atoms with E-state index in [1.54, 1.807) is 0 Å². The van der Waals surface area contributed by atoms with Crippen LogP contribution in [-0.4, -0.2) is 35.8 Å². The zero-order chi connectivity index (χ0) is 17.2. The monoisotopic (exact) mass is 374 g/mol. The fourth-order valence-electron chi connectivity index (χ4n) is 2.64. The highest BCUT2D eigenvalue weighted by molar-refractivity contribution is 7.93. The fourth-order valence-corrected chi connectivity index (χ4v) is 4.38. The fraction of sp³-hybridized carbons (Fsp3) is 0.429. The van der Waals surface area contributed by atoms with E-state index in [1.807, 2.05) is 4.90 Å². The van der Waals surface area contributed by atoms with Gasteiger partial charge in [0, 0.05) is 23.6 Å². The number of halogens is 2. The molecule has 130 valence electrons. The van der Waals surface area contributed by atoms with Crippen LogP contribution < -0.4 is 4.72 Å². The Morgan fingerprint density at radius 1 is 1.17 bits per heavy atom. The predicted octanol–water partition coefficient (Wildman–Crippen LogP) is 2.60. The molecule has 1 N–H and O–H groups in total. The largest absolute Gasteiger partial charge is 0.299 e. The molecule has 10 heteroatoms. The maximum absolute atomic E-state index is 14.3. The molecular formula is C14H16F2N4O2S2. The van der Waals surface area contributed by atoms with Crippen LogP contribution >= 0.6 is 11.5 Å². The van der Waals surface area contributed by atoms with Gasteiger partial charge in [-0.3, -0.25) is 9.62 Å². The van der Waals surface area contributed by atoms with Crippen LogP contribution in [-0.2, 0) is 16.6 Å². The van der Waals surface area contributed by atoms with E-state index < -0.39 is 26.6 Å². The van der Waals surface area contributed by atoms with Gasteiger partial charge in [0.05, 0.1) is 0 Å². The van der Waals surface area contributed by atoms with E-state index in [-0.39, 0.29) is 17.2 Å². The molecule has 1 aromatic heterocycles. The highest BCUT2D eigenvalue weighted by Crippen LogP contribution is 2.24. The lowest BCUT2D eigenvalue weighted by molar-refractivity contribution is 0.218. The second-order valence-electron chi connectivity index (χ2n) is 5.56. The maximum atomic E-state index is 14.3. The van der Waals surface area contributed by atoms with Crippen molar-refractivity contribution in [2.24, 2.45) is 0 Å². The second-order valence-corrected chi connectivity index (χ2v) is 7.99. The lowest BCUT2D eigenvalue weighted by atomic mass is 10.1. The van der Waals surface area contributed by atoms with Crippen molar-refractivity contribution >= 4 is 26.7 Å². The second kappa shape index (κ2) is 7.08. The molecule has 0 aliphatic carbocycles. The quantitative estimate of drug-likeness (QED) is 0.871. The van der Waals surface area contributed by atoms with Gasteiger partial charge >= 0.3 is 0 Å². The van der Waals surface area contributed by atoms with Crippen LogP contribution in [0.15, 0.2) is 23.4 Å². The molecule has 1 aromatic carbocycles. The Morgan fingerprint density at radius 2 is 1.92 bits per heavy atom. The Bertz CT molecular complexity index is 806. The van der Waals surface area contributed by atoms with E-state index in [1.165, 1.54) is 6.33 Å². The average molecular weight is 374 g/mol. The van der Waals surface area contributed by atoms with Gasteiger partial charge in [0.15, 0.2) is 0 Å². The van der Waals surface area contributed by atoms with Gasteiger partial charge in [-0.2, -0.15) is 4.37 Å². The van der Waals surface area contributed by atoms with Gasteiger partial charge in [0.2, 0.25) is 5.13 Å². The summed E-state index contributed by atoms with van der Waals surface area (Å²) >= 11 is 0.807. The summed E-state index contributed by atoms with van der Waals surface area (Å²) < 4.78 is 58.7. The highest BCUT2D eigenvalue weighted by Gasteiger charge is 2.24.